The Morgan fingerprint density at radius 1 is 1.00 bits per heavy atom. The Hall–Kier alpha value is -2.99. The van der Waals surface area contributed by atoms with Crippen molar-refractivity contribution in [3.63, 3.8) is 0 Å². The summed E-state index contributed by atoms with van der Waals surface area (Å²) < 4.78 is 5.39. The maximum Gasteiger partial charge on any atom is 0.248 e. The monoisotopic (exact) mass is 334 g/mol. The number of anilines is 1. The summed E-state index contributed by atoms with van der Waals surface area (Å²) in [5.74, 6) is 0.447. The van der Waals surface area contributed by atoms with E-state index in [4.69, 9.17) is 15.5 Å². The number of primary amides is 1. The number of hydrogen-bond acceptors (Lipinski definition) is 5. The van der Waals surface area contributed by atoms with Gasteiger partial charge in [-0.05, 0) is 35.4 Å². The van der Waals surface area contributed by atoms with Crippen LogP contribution in [0.4, 0.5) is 5.82 Å². The van der Waals surface area contributed by atoms with Crippen LogP contribution in [0.25, 0.3) is 22.2 Å². The fraction of sp³-hybridized carbons (Fsp3) is 0.211. The fourth-order valence-corrected chi connectivity index (χ4v) is 2.95. The van der Waals surface area contributed by atoms with Gasteiger partial charge >= 0.3 is 0 Å². The molecular weight excluding hydrogens is 316 g/mol. The molecule has 1 fully saturated rings. The van der Waals surface area contributed by atoms with Gasteiger partial charge in [0.1, 0.15) is 5.82 Å². The van der Waals surface area contributed by atoms with Crippen LogP contribution in [-0.4, -0.2) is 42.2 Å². The molecule has 6 nitrogen and oxygen atoms in total. The van der Waals surface area contributed by atoms with E-state index in [1.807, 2.05) is 36.5 Å². The van der Waals surface area contributed by atoms with Crippen molar-refractivity contribution in [2.75, 3.05) is 31.2 Å². The molecule has 2 N–H and O–H groups in total. The summed E-state index contributed by atoms with van der Waals surface area (Å²) in [7, 11) is 0. The molecule has 25 heavy (non-hydrogen) atoms. The number of nitrogens with zero attached hydrogens (tertiary/aromatic N) is 3. The van der Waals surface area contributed by atoms with Crippen LogP contribution in [-0.2, 0) is 4.74 Å². The molecule has 2 heterocycles. The van der Waals surface area contributed by atoms with Crippen LogP contribution in [0.3, 0.4) is 0 Å². The lowest BCUT2D eigenvalue weighted by atomic mass is 10.0. The van der Waals surface area contributed by atoms with Crippen LogP contribution in [0.1, 0.15) is 10.4 Å². The maximum atomic E-state index is 11.2. The minimum absolute atomic E-state index is 0.425. The molecule has 0 atom stereocenters. The molecule has 0 spiro atoms. The topological polar surface area (TPSA) is 81.3 Å². The third-order valence-corrected chi connectivity index (χ3v) is 4.37. The Kier molecular flexibility index (Phi) is 4.03. The molecule has 0 unspecified atom stereocenters. The Morgan fingerprint density at radius 3 is 2.44 bits per heavy atom. The molecule has 6 heteroatoms. The van der Waals surface area contributed by atoms with Crippen LogP contribution in [0.15, 0.2) is 48.7 Å². The number of rotatable bonds is 3. The van der Waals surface area contributed by atoms with Crippen molar-refractivity contribution < 1.29 is 9.53 Å². The largest absolute Gasteiger partial charge is 0.378 e. The number of ether oxygens (including phenoxy) is 1. The highest BCUT2D eigenvalue weighted by molar-refractivity contribution is 5.93. The molecule has 1 aromatic heterocycles. The average Bonchev–Trinajstić information content (AvgIpc) is 2.68. The molecule has 1 aliphatic rings. The van der Waals surface area contributed by atoms with E-state index in [9.17, 15) is 4.79 Å². The summed E-state index contributed by atoms with van der Waals surface area (Å²) in [6.07, 6.45) is 1.81. The number of morpholine rings is 1. The predicted molar refractivity (Wildman–Crippen MR) is 96.5 cm³/mol. The van der Waals surface area contributed by atoms with Crippen molar-refractivity contribution in [1.29, 1.82) is 0 Å². The second-order valence-electron chi connectivity index (χ2n) is 5.97. The highest BCUT2D eigenvalue weighted by Crippen LogP contribution is 2.24. The van der Waals surface area contributed by atoms with Crippen molar-refractivity contribution in [2.45, 2.75) is 0 Å². The quantitative estimate of drug-likeness (QED) is 0.794. The molecule has 3 aromatic rings. The summed E-state index contributed by atoms with van der Waals surface area (Å²) >= 11 is 0. The molecule has 1 aliphatic heterocycles. The maximum absolute atomic E-state index is 11.2. The molecule has 0 saturated carbocycles. The van der Waals surface area contributed by atoms with Crippen molar-refractivity contribution in [3.8, 4) is 11.1 Å². The van der Waals surface area contributed by atoms with Crippen molar-refractivity contribution in [3.05, 3.63) is 54.2 Å². The third-order valence-electron chi connectivity index (χ3n) is 4.37. The minimum Gasteiger partial charge on any atom is -0.378 e. The SMILES string of the molecule is NC(=O)c1ccc(-c2ccc3ncc(N4CCOCC4)nc3c2)cc1. The number of aromatic nitrogens is 2. The molecule has 1 saturated heterocycles. The Labute approximate surface area is 145 Å². The molecular formula is C19H18N4O2. The molecule has 2 aromatic carbocycles. The first kappa shape index (κ1) is 15.5. The minimum atomic E-state index is -0.425. The molecule has 1 amide bonds. The van der Waals surface area contributed by atoms with Gasteiger partial charge in [0.05, 0.1) is 30.4 Å². The van der Waals surface area contributed by atoms with E-state index in [1.165, 1.54) is 0 Å². The third kappa shape index (κ3) is 3.16. The number of fused-ring (bicyclic) bond motifs is 1. The second-order valence-corrected chi connectivity index (χ2v) is 5.97. The van der Waals surface area contributed by atoms with Crippen molar-refractivity contribution in [2.24, 2.45) is 5.73 Å². The predicted octanol–water partition coefficient (Wildman–Crippen LogP) is 2.23. The zero-order chi connectivity index (χ0) is 17.2. The fourth-order valence-electron chi connectivity index (χ4n) is 2.95. The summed E-state index contributed by atoms with van der Waals surface area (Å²) in [6.45, 7) is 3.08. The van der Waals surface area contributed by atoms with E-state index in [-0.39, 0.29) is 0 Å². The van der Waals surface area contributed by atoms with Crippen LogP contribution in [0.2, 0.25) is 0 Å². The summed E-state index contributed by atoms with van der Waals surface area (Å²) in [5.41, 5.74) is 9.53. The van der Waals surface area contributed by atoms with Crippen molar-refractivity contribution >= 4 is 22.8 Å². The highest BCUT2D eigenvalue weighted by atomic mass is 16.5. The molecule has 4 rings (SSSR count). The van der Waals surface area contributed by atoms with E-state index in [0.717, 1.165) is 41.1 Å². The van der Waals surface area contributed by atoms with Crippen LogP contribution >= 0.6 is 0 Å². The number of carbonyl (C=O) groups is 1. The lowest BCUT2D eigenvalue weighted by Gasteiger charge is -2.27. The molecule has 0 aliphatic carbocycles. The first-order valence-electron chi connectivity index (χ1n) is 8.20. The van der Waals surface area contributed by atoms with Crippen LogP contribution in [0.5, 0.6) is 0 Å². The van der Waals surface area contributed by atoms with Gasteiger partial charge in [-0.15, -0.1) is 0 Å². The smallest absolute Gasteiger partial charge is 0.248 e. The van der Waals surface area contributed by atoms with E-state index in [1.54, 1.807) is 12.1 Å². The van der Waals surface area contributed by atoms with Gasteiger partial charge in [-0.3, -0.25) is 9.78 Å². The van der Waals surface area contributed by atoms with Gasteiger partial charge in [-0.2, -0.15) is 0 Å². The number of nitrogens with two attached hydrogens (primary N) is 1. The van der Waals surface area contributed by atoms with Gasteiger partial charge in [0.25, 0.3) is 0 Å². The Morgan fingerprint density at radius 2 is 1.72 bits per heavy atom. The van der Waals surface area contributed by atoms with Gasteiger partial charge in [0, 0.05) is 18.7 Å². The zero-order valence-corrected chi connectivity index (χ0v) is 13.7. The molecule has 126 valence electrons. The number of amides is 1. The lowest BCUT2D eigenvalue weighted by molar-refractivity contribution is 0.100. The lowest BCUT2D eigenvalue weighted by Crippen LogP contribution is -2.36. The van der Waals surface area contributed by atoms with Crippen molar-refractivity contribution in [1.82, 2.24) is 9.97 Å². The van der Waals surface area contributed by atoms with E-state index < -0.39 is 5.91 Å². The van der Waals surface area contributed by atoms with Crippen LogP contribution < -0.4 is 10.6 Å². The molecule has 0 radical (unpaired) electrons. The van der Waals surface area contributed by atoms with Gasteiger partial charge < -0.3 is 15.4 Å². The number of carbonyl (C=O) groups excluding carboxylic acids is 1. The summed E-state index contributed by atoms with van der Waals surface area (Å²) in [6, 6.07) is 13.2. The summed E-state index contributed by atoms with van der Waals surface area (Å²) in [4.78, 5) is 22.7. The number of hydrogen-bond donors (Lipinski definition) is 1. The number of benzene rings is 2. The standard InChI is InChI=1S/C19H18N4O2/c20-19(24)14-3-1-13(2-4-14)15-5-6-16-17(11-15)22-18(12-21-16)23-7-9-25-10-8-23/h1-6,11-12H,7-10H2,(H2,20,24). The first-order valence-corrected chi connectivity index (χ1v) is 8.20. The van der Waals surface area contributed by atoms with E-state index in [0.29, 0.717) is 18.8 Å². The van der Waals surface area contributed by atoms with Gasteiger partial charge in [0.15, 0.2) is 0 Å². The molecule has 0 bridgehead atoms. The van der Waals surface area contributed by atoms with E-state index >= 15 is 0 Å². The zero-order valence-electron chi connectivity index (χ0n) is 13.7. The summed E-state index contributed by atoms with van der Waals surface area (Å²) in [5, 5.41) is 0. The van der Waals surface area contributed by atoms with Gasteiger partial charge in [-0.1, -0.05) is 18.2 Å². The van der Waals surface area contributed by atoms with Gasteiger partial charge in [0.2, 0.25) is 5.91 Å². The highest BCUT2D eigenvalue weighted by Gasteiger charge is 2.13. The average molecular weight is 334 g/mol. The Balaban J connectivity index is 1.69. The van der Waals surface area contributed by atoms with E-state index in [2.05, 4.69) is 9.88 Å². The van der Waals surface area contributed by atoms with Crippen LogP contribution in [0, 0.1) is 0 Å². The Bertz CT molecular complexity index is 918. The first-order chi connectivity index (χ1) is 12.2. The second kappa shape index (κ2) is 6.49. The van der Waals surface area contributed by atoms with Gasteiger partial charge in [-0.25, -0.2) is 4.98 Å². The normalized spacial score (nSPS) is 14.6.